The highest BCUT2D eigenvalue weighted by atomic mass is 16.5. The van der Waals surface area contributed by atoms with Crippen molar-refractivity contribution >= 4 is 5.97 Å². The maximum absolute atomic E-state index is 11.9. The number of aryl methyl sites for hydroxylation is 1. The molecule has 4 heteroatoms. The van der Waals surface area contributed by atoms with Crippen LogP contribution in [-0.2, 0) is 9.53 Å². The number of carbonyl (C=O) groups excluding carboxylic acids is 1. The van der Waals surface area contributed by atoms with Gasteiger partial charge in [0.1, 0.15) is 17.4 Å². The molecule has 1 aromatic heterocycles. The number of carbonyl (C=O) groups is 1. The lowest BCUT2D eigenvalue weighted by Gasteiger charge is -2.28. The van der Waals surface area contributed by atoms with Crippen molar-refractivity contribution in [2.45, 2.75) is 32.1 Å². The first-order chi connectivity index (χ1) is 8.70. The SMILES string of the molecule is COC(=O)C(CN1CCCCC1)c1ccc(C)o1. The quantitative estimate of drug-likeness (QED) is 0.770. The summed E-state index contributed by atoms with van der Waals surface area (Å²) in [5.41, 5.74) is 0. The molecule has 1 aromatic rings. The number of furan rings is 1. The van der Waals surface area contributed by atoms with Crippen LogP contribution in [0.25, 0.3) is 0 Å². The van der Waals surface area contributed by atoms with Gasteiger partial charge in [-0.15, -0.1) is 0 Å². The fourth-order valence-corrected chi connectivity index (χ4v) is 2.46. The van der Waals surface area contributed by atoms with Crippen LogP contribution in [0.4, 0.5) is 0 Å². The maximum atomic E-state index is 11.9. The molecule has 0 bridgehead atoms. The third kappa shape index (κ3) is 3.13. The first-order valence-electron chi connectivity index (χ1n) is 6.57. The van der Waals surface area contributed by atoms with E-state index in [1.54, 1.807) is 0 Å². The third-order valence-electron chi connectivity index (χ3n) is 3.48. The van der Waals surface area contributed by atoms with Crippen molar-refractivity contribution in [3.8, 4) is 0 Å². The summed E-state index contributed by atoms with van der Waals surface area (Å²) >= 11 is 0. The normalized spacial score (nSPS) is 18.6. The van der Waals surface area contributed by atoms with Gasteiger partial charge in [0.15, 0.2) is 0 Å². The maximum Gasteiger partial charge on any atom is 0.317 e. The van der Waals surface area contributed by atoms with Crippen molar-refractivity contribution in [3.63, 3.8) is 0 Å². The van der Waals surface area contributed by atoms with E-state index in [1.807, 2.05) is 19.1 Å². The number of piperidine rings is 1. The van der Waals surface area contributed by atoms with Crippen LogP contribution in [0.15, 0.2) is 16.5 Å². The van der Waals surface area contributed by atoms with Gasteiger partial charge in [0.2, 0.25) is 0 Å². The summed E-state index contributed by atoms with van der Waals surface area (Å²) in [6.45, 7) is 4.71. The number of likely N-dealkylation sites (tertiary alicyclic amines) is 1. The molecule has 1 unspecified atom stereocenters. The number of rotatable bonds is 4. The topological polar surface area (TPSA) is 42.7 Å². The Morgan fingerprint density at radius 2 is 2.11 bits per heavy atom. The summed E-state index contributed by atoms with van der Waals surface area (Å²) in [7, 11) is 1.43. The molecule has 2 heterocycles. The van der Waals surface area contributed by atoms with Crippen molar-refractivity contribution in [2.75, 3.05) is 26.7 Å². The van der Waals surface area contributed by atoms with E-state index in [0.29, 0.717) is 12.3 Å². The summed E-state index contributed by atoms with van der Waals surface area (Å²) in [4.78, 5) is 14.2. The van der Waals surface area contributed by atoms with E-state index in [0.717, 1.165) is 18.8 Å². The van der Waals surface area contributed by atoms with Crippen LogP contribution in [-0.4, -0.2) is 37.6 Å². The smallest absolute Gasteiger partial charge is 0.317 e. The van der Waals surface area contributed by atoms with Gasteiger partial charge in [-0.05, 0) is 45.0 Å². The minimum atomic E-state index is -0.304. The van der Waals surface area contributed by atoms with Gasteiger partial charge in [0, 0.05) is 6.54 Å². The van der Waals surface area contributed by atoms with Crippen LogP contribution >= 0.6 is 0 Å². The molecule has 2 rings (SSSR count). The van der Waals surface area contributed by atoms with E-state index in [2.05, 4.69) is 4.90 Å². The summed E-state index contributed by atoms with van der Waals surface area (Å²) < 4.78 is 10.5. The molecule has 0 radical (unpaired) electrons. The molecular weight excluding hydrogens is 230 g/mol. The van der Waals surface area contributed by atoms with E-state index in [-0.39, 0.29) is 11.9 Å². The van der Waals surface area contributed by atoms with Crippen LogP contribution < -0.4 is 0 Å². The van der Waals surface area contributed by atoms with Crippen LogP contribution in [0.3, 0.4) is 0 Å². The molecule has 4 nitrogen and oxygen atoms in total. The number of esters is 1. The lowest BCUT2D eigenvalue weighted by molar-refractivity contribution is -0.143. The zero-order chi connectivity index (χ0) is 13.0. The Kier molecular flexibility index (Phi) is 4.42. The fourth-order valence-electron chi connectivity index (χ4n) is 2.46. The second-order valence-corrected chi connectivity index (χ2v) is 4.89. The molecule has 0 saturated carbocycles. The highest BCUT2D eigenvalue weighted by molar-refractivity contribution is 5.77. The van der Waals surface area contributed by atoms with E-state index in [1.165, 1.54) is 26.4 Å². The molecule has 1 saturated heterocycles. The monoisotopic (exact) mass is 251 g/mol. The third-order valence-corrected chi connectivity index (χ3v) is 3.48. The predicted molar refractivity (Wildman–Crippen MR) is 68.5 cm³/mol. The molecule has 18 heavy (non-hydrogen) atoms. The molecule has 0 amide bonds. The van der Waals surface area contributed by atoms with Gasteiger partial charge in [-0.2, -0.15) is 0 Å². The highest BCUT2D eigenvalue weighted by Crippen LogP contribution is 2.23. The first-order valence-corrected chi connectivity index (χ1v) is 6.57. The summed E-state index contributed by atoms with van der Waals surface area (Å²) in [5, 5.41) is 0. The Labute approximate surface area is 108 Å². The van der Waals surface area contributed by atoms with Crippen molar-refractivity contribution in [1.82, 2.24) is 4.90 Å². The zero-order valence-corrected chi connectivity index (χ0v) is 11.1. The van der Waals surface area contributed by atoms with E-state index >= 15 is 0 Å². The average Bonchev–Trinajstić information content (AvgIpc) is 2.83. The lowest BCUT2D eigenvalue weighted by atomic mass is 10.0. The van der Waals surface area contributed by atoms with Gasteiger partial charge in [-0.25, -0.2) is 0 Å². The first kappa shape index (κ1) is 13.1. The Balaban J connectivity index is 2.07. The molecule has 1 fully saturated rings. The van der Waals surface area contributed by atoms with Crippen molar-refractivity contribution in [2.24, 2.45) is 0 Å². The van der Waals surface area contributed by atoms with Gasteiger partial charge in [-0.3, -0.25) is 4.79 Å². The van der Waals surface area contributed by atoms with Crippen LogP contribution in [0.2, 0.25) is 0 Å². The van der Waals surface area contributed by atoms with Gasteiger partial charge >= 0.3 is 5.97 Å². The Morgan fingerprint density at radius 3 is 2.67 bits per heavy atom. The molecule has 0 aliphatic carbocycles. The largest absolute Gasteiger partial charge is 0.468 e. The molecule has 100 valence electrons. The molecular formula is C14H21NO3. The highest BCUT2D eigenvalue weighted by Gasteiger charge is 2.27. The number of hydrogen-bond donors (Lipinski definition) is 0. The van der Waals surface area contributed by atoms with Crippen LogP contribution in [0.1, 0.15) is 36.7 Å². The molecule has 1 aliphatic rings. The Hall–Kier alpha value is -1.29. The molecule has 0 spiro atoms. The minimum Gasteiger partial charge on any atom is -0.468 e. The molecule has 1 atom stereocenters. The second kappa shape index (κ2) is 6.05. The predicted octanol–water partition coefficient (Wildman–Crippen LogP) is 2.33. The number of ether oxygens (including phenoxy) is 1. The minimum absolute atomic E-state index is 0.213. The van der Waals surface area contributed by atoms with Crippen LogP contribution in [0.5, 0.6) is 0 Å². The van der Waals surface area contributed by atoms with Crippen molar-refractivity contribution < 1.29 is 13.9 Å². The van der Waals surface area contributed by atoms with Gasteiger partial charge < -0.3 is 14.1 Å². The number of hydrogen-bond acceptors (Lipinski definition) is 4. The van der Waals surface area contributed by atoms with Gasteiger partial charge in [0.05, 0.1) is 7.11 Å². The molecule has 1 aliphatic heterocycles. The zero-order valence-electron chi connectivity index (χ0n) is 11.1. The number of methoxy groups -OCH3 is 1. The lowest BCUT2D eigenvalue weighted by Crippen LogP contribution is -2.36. The van der Waals surface area contributed by atoms with Gasteiger partial charge in [0.25, 0.3) is 0 Å². The standard InChI is InChI=1S/C14H21NO3/c1-11-6-7-13(18-11)12(14(16)17-2)10-15-8-4-3-5-9-15/h6-7,12H,3-5,8-10H2,1-2H3. The summed E-state index contributed by atoms with van der Waals surface area (Å²) in [5.74, 6) is 1.03. The van der Waals surface area contributed by atoms with Crippen molar-refractivity contribution in [1.29, 1.82) is 0 Å². The molecule has 0 N–H and O–H groups in total. The van der Waals surface area contributed by atoms with Gasteiger partial charge in [-0.1, -0.05) is 6.42 Å². The Bertz CT molecular complexity index is 393. The molecule has 0 aromatic carbocycles. The van der Waals surface area contributed by atoms with Crippen molar-refractivity contribution in [3.05, 3.63) is 23.7 Å². The van der Waals surface area contributed by atoms with Crippen LogP contribution in [0, 0.1) is 6.92 Å². The van der Waals surface area contributed by atoms with E-state index < -0.39 is 0 Å². The summed E-state index contributed by atoms with van der Waals surface area (Å²) in [6, 6.07) is 3.77. The second-order valence-electron chi connectivity index (χ2n) is 4.89. The number of nitrogens with zero attached hydrogens (tertiary/aromatic N) is 1. The summed E-state index contributed by atoms with van der Waals surface area (Å²) in [6.07, 6.45) is 3.72. The Morgan fingerprint density at radius 1 is 1.39 bits per heavy atom. The fraction of sp³-hybridized carbons (Fsp3) is 0.643. The van der Waals surface area contributed by atoms with E-state index in [4.69, 9.17) is 9.15 Å². The average molecular weight is 251 g/mol. The van der Waals surface area contributed by atoms with E-state index in [9.17, 15) is 4.79 Å².